The number of halogens is 2. The smallest absolute Gasteiger partial charge is 0.163 e. The minimum atomic E-state index is -0.452. The SMILES string of the molecule is Cc1cc(F)c(-c2cccc3c2CCC3=O)cc1F. The van der Waals surface area contributed by atoms with Gasteiger partial charge in [-0.3, -0.25) is 4.79 Å². The average molecular weight is 258 g/mol. The number of ketones is 1. The van der Waals surface area contributed by atoms with Crippen molar-refractivity contribution in [2.24, 2.45) is 0 Å². The van der Waals surface area contributed by atoms with E-state index in [-0.39, 0.29) is 16.9 Å². The Hall–Kier alpha value is -2.03. The van der Waals surface area contributed by atoms with Crippen LogP contribution < -0.4 is 0 Å². The van der Waals surface area contributed by atoms with E-state index in [1.807, 2.05) is 0 Å². The molecule has 0 aromatic heterocycles. The second-order valence-electron chi connectivity index (χ2n) is 4.84. The molecule has 0 heterocycles. The highest BCUT2D eigenvalue weighted by Crippen LogP contribution is 2.34. The molecule has 19 heavy (non-hydrogen) atoms. The first-order valence-electron chi connectivity index (χ1n) is 6.19. The molecule has 0 saturated carbocycles. The molecule has 0 amide bonds. The molecular formula is C16H12F2O. The fourth-order valence-corrected chi connectivity index (χ4v) is 2.60. The van der Waals surface area contributed by atoms with Crippen LogP contribution in [0.2, 0.25) is 0 Å². The summed E-state index contributed by atoms with van der Waals surface area (Å²) < 4.78 is 27.7. The first-order valence-corrected chi connectivity index (χ1v) is 6.19. The van der Waals surface area contributed by atoms with Gasteiger partial charge in [0.15, 0.2) is 5.78 Å². The van der Waals surface area contributed by atoms with Gasteiger partial charge in [-0.25, -0.2) is 8.78 Å². The molecule has 0 saturated heterocycles. The Labute approximate surface area is 109 Å². The highest BCUT2D eigenvalue weighted by molar-refractivity contribution is 6.02. The maximum atomic E-state index is 14.0. The van der Waals surface area contributed by atoms with Crippen LogP contribution in [0.1, 0.15) is 27.9 Å². The Morgan fingerprint density at radius 1 is 0.947 bits per heavy atom. The summed E-state index contributed by atoms with van der Waals surface area (Å²) in [5.41, 5.74) is 2.60. The van der Waals surface area contributed by atoms with Gasteiger partial charge in [-0.05, 0) is 42.2 Å². The van der Waals surface area contributed by atoms with Crippen molar-refractivity contribution < 1.29 is 13.6 Å². The standard InChI is InChI=1S/C16H12F2O/c1-9-7-15(18)13(8-14(9)17)10-3-2-4-12-11(10)5-6-16(12)19/h2-4,7-8H,5-6H2,1H3. The number of benzene rings is 2. The van der Waals surface area contributed by atoms with Crippen molar-refractivity contribution in [3.05, 3.63) is 58.7 Å². The van der Waals surface area contributed by atoms with Crippen molar-refractivity contribution >= 4 is 5.78 Å². The second-order valence-corrected chi connectivity index (χ2v) is 4.84. The van der Waals surface area contributed by atoms with Crippen LogP contribution in [0.5, 0.6) is 0 Å². The van der Waals surface area contributed by atoms with Crippen molar-refractivity contribution in [1.82, 2.24) is 0 Å². The van der Waals surface area contributed by atoms with E-state index < -0.39 is 11.6 Å². The van der Waals surface area contributed by atoms with Gasteiger partial charge in [-0.1, -0.05) is 18.2 Å². The van der Waals surface area contributed by atoms with Crippen molar-refractivity contribution in [1.29, 1.82) is 0 Å². The predicted octanol–water partition coefficient (Wildman–Crippen LogP) is 4.07. The summed E-state index contributed by atoms with van der Waals surface area (Å²) >= 11 is 0. The van der Waals surface area contributed by atoms with Gasteiger partial charge < -0.3 is 0 Å². The molecule has 1 aliphatic carbocycles. The van der Waals surface area contributed by atoms with Gasteiger partial charge >= 0.3 is 0 Å². The Morgan fingerprint density at radius 2 is 1.68 bits per heavy atom. The summed E-state index contributed by atoms with van der Waals surface area (Å²) in [6.45, 7) is 1.53. The minimum absolute atomic E-state index is 0.0739. The largest absolute Gasteiger partial charge is 0.294 e. The molecule has 1 aliphatic rings. The summed E-state index contributed by atoms with van der Waals surface area (Å²) in [6.07, 6.45) is 1.04. The zero-order valence-electron chi connectivity index (χ0n) is 10.5. The van der Waals surface area contributed by atoms with E-state index in [2.05, 4.69) is 0 Å². The first kappa shape index (κ1) is 12.0. The summed E-state index contributed by atoms with van der Waals surface area (Å²) in [5.74, 6) is -0.810. The lowest BCUT2D eigenvalue weighted by Gasteiger charge is -2.10. The van der Waals surface area contributed by atoms with Crippen molar-refractivity contribution in [2.45, 2.75) is 19.8 Å². The molecule has 0 fully saturated rings. The van der Waals surface area contributed by atoms with E-state index in [0.29, 0.717) is 24.0 Å². The molecule has 0 spiro atoms. The van der Waals surface area contributed by atoms with E-state index in [1.54, 1.807) is 18.2 Å². The first-order chi connectivity index (χ1) is 9.08. The minimum Gasteiger partial charge on any atom is -0.294 e. The number of Topliss-reactive ketones (excluding diaryl/α,β-unsaturated/α-hetero) is 1. The van der Waals surface area contributed by atoms with Gasteiger partial charge in [0.1, 0.15) is 11.6 Å². The molecule has 2 aromatic carbocycles. The quantitative estimate of drug-likeness (QED) is 0.753. The van der Waals surface area contributed by atoms with Crippen LogP contribution in [0.4, 0.5) is 8.78 Å². The lowest BCUT2D eigenvalue weighted by atomic mass is 9.95. The van der Waals surface area contributed by atoms with E-state index in [0.717, 1.165) is 5.56 Å². The highest BCUT2D eigenvalue weighted by atomic mass is 19.1. The molecule has 3 rings (SSSR count). The van der Waals surface area contributed by atoms with Crippen LogP contribution in [0.15, 0.2) is 30.3 Å². The maximum Gasteiger partial charge on any atom is 0.163 e. The topological polar surface area (TPSA) is 17.1 Å². The number of hydrogen-bond donors (Lipinski definition) is 0. The fourth-order valence-electron chi connectivity index (χ4n) is 2.60. The summed E-state index contributed by atoms with van der Waals surface area (Å²) in [6, 6.07) is 7.61. The lowest BCUT2D eigenvalue weighted by Crippen LogP contribution is -1.95. The average Bonchev–Trinajstić information content (AvgIpc) is 2.76. The Balaban J connectivity index is 2.24. The monoisotopic (exact) mass is 258 g/mol. The molecule has 96 valence electrons. The number of fused-ring (bicyclic) bond motifs is 1. The lowest BCUT2D eigenvalue weighted by molar-refractivity contribution is 0.0994. The van der Waals surface area contributed by atoms with Crippen LogP contribution in [0, 0.1) is 18.6 Å². The third kappa shape index (κ3) is 1.86. The van der Waals surface area contributed by atoms with E-state index in [1.165, 1.54) is 19.1 Å². The number of carbonyl (C=O) groups is 1. The highest BCUT2D eigenvalue weighted by Gasteiger charge is 2.23. The van der Waals surface area contributed by atoms with Crippen LogP contribution in [0.25, 0.3) is 11.1 Å². The van der Waals surface area contributed by atoms with Gasteiger partial charge in [-0.2, -0.15) is 0 Å². The molecule has 3 heteroatoms. The number of rotatable bonds is 1. The Morgan fingerprint density at radius 3 is 2.47 bits per heavy atom. The summed E-state index contributed by atoms with van der Waals surface area (Å²) in [5, 5.41) is 0. The number of carbonyl (C=O) groups excluding carboxylic acids is 1. The predicted molar refractivity (Wildman–Crippen MR) is 69.2 cm³/mol. The molecule has 0 N–H and O–H groups in total. The van der Waals surface area contributed by atoms with Crippen molar-refractivity contribution in [2.75, 3.05) is 0 Å². The van der Waals surface area contributed by atoms with Crippen LogP contribution >= 0.6 is 0 Å². The summed E-state index contributed by atoms with van der Waals surface area (Å²) in [4.78, 5) is 11.7. The normalized spacial score (nSPS) is 13.7. The van der Waals surface area contributed by atoms with Gasteiger partial charge in [0.25, 0.3) is 0 Å². The second kappa shape index (κ2) is 4.26. The molecule has 0 radical (unpaired) electrons. The molecule has 0 unspecified atom stereocenters. The Kier molecular flexibility index (Phi) is 2.70. The van der Waals surface area contributed by atoms with Crippen LogP contribution in [-0.4, -0.2) is 5.78 Å². The molecule has 2 aromatic rings. The van der Waals surface area contributed by atoms with Crippen LogP contribution in [-0.2, 0) is 6.42 Å². The molecule has 0 aliphatic heterocycles. The van der Waals surface area contributed by atoms with Gasteiger partial charge in [0.05, 0.1) is 0 Å². The van der Waals surface area contributed by atoms with E-state index >= 15 is 0 Å². The van der Waals surface area contributed by atoms with Crippen LogP contribution in [0.3, 0.4) is 0 Å². The van der Waals surface area contributed by atoms with Gasteiger partial charge in [0, 0.05) is 17.5 Å². The molecule has 1 nitrogen and oxygen atoms in total. The fraction of sp³-hybridized carbons (Fsp3) is 0.188. The maximum absolute atomic E-state index is 14.0. The van der Waals surface area contributed by atoms with E-state index in [4.69, 9.17) is 0 Å². The Bertz CT molecular complexity index is 689. The zero-order chi connectivity index (χ0) is 13.6. The van der Waals surface area contributed by atoms with E-state index in [9.17, 15) is 13.6 Å². The van der Waals surface area contributed by atoms with Gasteiger partial charge in [-0.15, -0.1) is 0 Å². The molecule has 0 atom stereocenters. The van der Waals surface area contributed by atoms with Crippen molar-refractivity contribution in [3.8, 4) is 11.1 Å². The van der Waals surface area contributed by atoms with Gasteiger partial charge in [0.2, 0.25) is 0 Å². The number of aryl methyl sites for hydroxylation is 1. The summed E-state index contributed by atoms with van der Waals surface area (Å²) in [7, 11) is 0. The van der Waals surface area contributed by atoms with Crippen molar-refractivity contribution in [3.63, 3.8) is 0 Å². The third-order valence-corrected chi connectivity index (χ3v) is 3.62. The third-order valence-electron chi connectivity index (χ3n) is 3.62. The molecule has 0 bridgehead atoms. The number of hydrogen-bond acceptors (Lipinski definition) is 1. The molecular weight excluding hydrogens is 246 g/mol. The zero-order valence-corrected chi connectivity index (χ0v) is 10.5.